The largest absolute Gasteiger partial charge is 0.350 e. The molecule has 0 saturated carbocycles. The predicted molar refractivity (Wildman–Crippen MR) is 105 cm³/mol. The quantitative estimate of drug-likeness (QED) is 0.320. The smallest absolute Gasteiger partial charge is 0.229 e. The number of carbonyl (C=O) groups is 2. The zero-order valence-electron chi connectivity index (χ0n) is 17.2. The molecule has 0 radical (unpaired) electrons. The fraction of sp³-hybridized carbons (Fsp3) is 0.889. The van der Waals surface area contributed by atoms with Gasteiger partial charge in [-0.15, -0.1) is 0 Å². The maximum atomic E-state index is 14.9. The number of halogens is 2. The van der Waals surface area contributed by atoms with Gasteiger partial charge in [-0.2, -0.15) is 0 Å². The molecule has 7 atom stereocenters. The van der Waals surface area contributed by atoms with Gasteiger partial charge in [-0.3, -0.25) is 19.8 Å². The number of amides is 2. The first-order chi connectivity index (χ1) is 14.3. The van der Waals surface area contributed by atoms with Crippen LogP contribution in [0.1, 0.15) is 6.92 Å². The van der Waals surface area contributed by atoms with Crippen LogP contribution < -0.4 is 27.1 Å². The lowest BCUT2D eigenvalue weighted by Gasteiger charge is -2.46. The molecule has 0 aromatic carbocycles. The molecule has 4 aliphatic heterocycles. The molecule has 0 bridgehead atoms. The van der Waals surface area contributed by atoms with Gasteiger partial charge in [0.25, 0.3) is 0 Å². The number of hydrogen-bond donors (Lipinski definition) is 5. The van der Waals surface area contributed by atoms with Crippen LogP contribution in [0.3, 0.4) is 0 Å². The van der Waals surface area contributed by atoms with Gasteiger partial charge in [-0.25, -0.2) is 19.2 Å². The highest BCUT2D eigenvalue weighted by molar-refractivity contribution is 5.81. The van der Waals surface area contributed by atoms with E-state index >= 15 is 0 Å². The highest BCUT2D eigenvalue weighted by atomic mass is 19.1. The zero-order valence-corrected chi connectivity index (χ0v) is 17.2. The Morgan fingerprint density at radius 2 is 1.83 bits per heavy atom. The Kier molecular flexibility index (Phi) is 6.51. The third-order valence-electron chi connectivity index (χ3n) is 6.62. The van der Waals surface area contributed by atoms with E-state index in [0.29, 0.717) is 32.7 Å². The molecule has 0 aromatic heterocycles. The van der Waals surface area contributed by atoms with Crippen molar-refractivity contribution in [3.63, 3.8) is 0 Å². The SMILES string of the molecule is CC(=O)N1CCN(C2C(F)CNCC2NC(=O)C2C(N)NN3CC(F)CNC23)CC1. The van der Waals surface area contributed by atoms with E-state index in [1.807, 2.05) is 4.90 Å². The highest BCUT2D eigenvalue weighted by Crippen LogP contribution is 2.24. The number of nitrogens with one attached hydrogen (secondary N) is 4. The number of hydrogen-bond acceptors (Lipinski definition) is 8. The lowest BCUT2D eigenvalue weighted by molar-refractivity contribution is -0.131. The van der Waals surface area contributed by atoms with Crippen LogP contribution in [0, 0.1) is 5.92 Å². The van der Waals surface area contributed by atoms with Crippen molar-refractivity contribution in [2.75, 3.05) is 52.4 Å². The number of fused-ring (bicyclic) bond motifs is 1. The Bertz CT molecular complexity index is 650. The molecule has 12 heteroatoms. The molecule has 2 amide bonds. The second kappa shape index (κ2) is 8.97. The number of nitrogens with two attached hydrogens (primary N) is 1. The van der Waals surface area contributed by atoms with E-state index in [4.69, 9.17) is 5.73 Å². The Morgan fingerprint density at radius 1 is 1.10 bits per heavy atom. The van der Waals surface area contributed by atoms with Crippen LogP contribution in [-0.2, 0) is 9.59 Å². The summed E-state index contributed by atoms with van der Waals surface area (Å²) in [6.07, 6.45) is -3.22. The summed E-state index contributed by atoms with van der Waals surface area (Å²) in [7, 11) is 0. The second-order valence-electron chi connectivity index (χ2n) is 8.61. The number of rotatable bonds is 3. The maximum absolute atomic E-state index is 14.9. The van der Waals surface area contributed by atoms with E-state index in [1.165, 1.54) is 6.92 Å². The number of hydrazine groups is 1. The molecule has 4 saturated heterocycles. The zero-order chi connectivity index (χ0) is 21.4. The van der Waals surface area contributed by atoms with Gasteiger partial charge in [-0.1, -0.05) is 0 Å². The third kappa shape index (κ3) is 4.30. The first-order valence-electron chi connectivity index (χ1n) is 10.7. The van der Waals surface area contributed by atoms with E-state index in [1.54, 1.807) is 9.91 Å². The maximum Gasteiger partial charge on any atom is 0.229 e. The summed E-state index contributed by atoms with van der Waals surface area (Å²) in [4.78, 5) is 28.5. The van der Waals surface area contributed by atoms with Gasteiger partial charge in [-0.05, 0) is 0 Å². The van der Waals surface area contributed by atoms with E-state index in [0.717, 1.165) is 0 Å². The van der Waals surface area contributed by atoms with Gasteiger partial charge in [0, 0.05) is 59.3 Å². The Balaban J connectivity index is 1.42. The molecule has 170 valence electrons. The topological polar surface area (TPSA) is 118 Å². The van der Waals surface area contributed by atoms with Crippen LogP contribution in [0.4, 0.5) is 8.78 Å². The van der Waals surface area contributed by atoms with Crippen molar-refractivity contribution < 1.29 is 18.4 Å². The number of carbonyl (C=O) groups excluding carboxylic acids is 2. The summed E-state index contributed by atoms with van der Waals surface area (Å²) < 4.78 is 28.6. The molecule has 4 heterocycles. The summed E-state index contributed by atoms with van der Waals surface area (Å²) in [5.41, 5.74) is 9.09. The summed E-state index contributed by atoms with van der Waals surface area (Å²) in [6, 6.07) is -0.899. The minimum atomic E-state index is -1.14. The van der Waals surface area contributed by atoms with Crippen LogP contribution in [0.5, 0.6) is 0 Å². The van der Waals surface area contributed by atoms with Gasteiger partial charge >= 0.3 is 0 Å². The van der Waals surface area contributed by atoms with Gasteiger partial charge in [0.1, 0.15) is 12.3 Å². The molecule has 30 heavy (non-hydrogen) atoms. The second-order valence-corrected chi connectivity index (χ2v) is 8.61. The fourth-order valence-electron chi connectivity index (χ4n) is 5.08. The van der Waals surface area contributed by atoms with Gasteiger partial charge in [0.05, 0.1) is 30.3 Å². The third-order valence-corrected chi connectivity index (χ3v) is 6.62. The molecule has 0 aliphatic carbocycles. The number of piperidine rings is 1. The summed E-state index contributed by atoms with van der Waals surface area (Å²) in [5.74, 6) is -0.877. The summed E-state index contributed by atoms with van der Waals surface area (Å²) in [5, 5.41) is 10.7. The molecule has 4 aliphatic rings. The average Bonchev–Trinajstić information content (AvgIpc) is 3.03. The van der Waals surface area contributed by atoms with Crippen molar-refractivity contribution >= 4 is 11.8 Å². The normalized spacial score (nSPS) is 40.8. The minimum absolute atomic E-state index is 0.0180. The average molecular weight is 431 g/mol. The molecule has 4 fully saturated rings. The molecule has 0 aromatic rings. The lowest BCUT2D eigenvalue weighted by Crippen LogP contribution is -2.68. The van der Waals surface area contributed by atoms with Crippen LogP contribution in [0.2, 0.25) is 0 Å². The number of alkyl halides is 2. The molecule has 10 nitrogen and oxygen atoms in total. The van der Waals surface area contributed by atoms with E-state index in [2.05, 4.69) is 21.4 Å². The Hall–Kier alpha value is -1.44. The summed E-state index contributed by atoms with van der Waals surface area (Å²) >= 11 is 0. The van der Waals surface area contributed by atoms with Crippen molar-refractivity contribution in [3.05, 3.63) is 0 Å². The molecule has 6 N–H and O–H groups in total. The predicted octanol–water partition coefficient (Wildman–Crippen LogP) is -3.07. The van der Waals surface area contributed by atoms with Crippen LogP contribution in [0.25, 0.3) is 0 Å². The van der Waals surface area contributed by atoms with E-state index in [-0.39, 0.29) is 31.4 Å². The van der Waals surface area contributed by atoms with Crippen LogP contribution in [0.15, 0.2) is 0 Å². The fourth-order valence-corrected chi connectivity index (χ4v) is 5.08. The standard InChI is InChI=1S/C18H32F2N8O2/c1-10(29)26-2-4-27(5-3-26)15-12(20)7-22-8-13(15)24-18(30)14-16(21)25-28-9-11(19)6-23-17(14)28/h11-17,22-23,25H,2-9,21H2,1H3,(H,24,30). The van der Waals surface area contributed by atoms with Crippen molar-refractivity contribution in [3.8, 4) is 0 Å². The van der Waals surface area contributed by atoms with Gasteiger partial charge in [0.15, 0.2) is 0 Å². The van der Waals surface area contributed by atoms with Crippen LogP contribution >= 0.6 is 0 Å². The first-order valence-corrected chi connectivity index (χ1v) is 10.7. The van der Waals surface area contributed by atoms with E-state index in [9.17, 15) is 18.4 Å². The molecular weight excluding hydrogens is 398 g/mol. The lowest BCUT2D eigenvalue weighted by atomic mass is 9.94. The van der Waals surface area contributed by atoms with Gasteiger partial charge in [0.2, 0.25) is 11.8 Å². The highest BCUT2D eigenvalue weighted by Gasteiger charge is 2.48. The number of nitrogens with zero attached hydrogens (tertiary/aromatic N) is 3. The van der Waals surface area contributed by atoms with Crippen molar-refractivity contribution in [1.29, 1.82) is 0 Å². The van der Waals surface area contributed by atoms with Crippen molar-refractivity contribution in [2.45, 2.75) is 43.7 Å². The van der Waals surface area contributed by atoms with Crippen LogP contribution in [-0.4, -0.2) is 116 Å². The Morgan fingerprint density at radius 3 is 2.53 bits per heavy atom. The van der Waals surface area contributed by atoms with Crippen molar-refractivity contribution in [2.24, 2.45) is 11.7 Å². The Labute approximate surface area is 174 Å². The minimum Gasteiger partial charge on any atom is -0.350 e. The monoisotopic (exact) mass is 430 g/mol. The van der Waals surface area contributed by atoms with Gasteiger partial charge < -0.3 is 21.3 Å². The molecule has 7 unspecified atom stereocenters. The molecule has 4 rings (SSSR count). The summed E-state index contributed by atoms with van der Waals surface area (Å²) in [6.45, 7) is 4.78. The van der Waals surface area contributed by atoms with Crippen molar-refractivity contribution in [1.82, 2.24) is 36.2 Å². The first kappa shape index (κ1) is 21.8. The number of piperazine rings is 1. The molecular formula is C18H32F2N8O2. The van der Waals surface area contributed by atoms with E-state index < -0.39 is 42.7 Å². The molecule has 0 spiro atoms.